The maximum Gasteiger partial charge on any atom is 0.251 e. The number of fused-ring (bicyclic) bond motifs is 1. The Bertz CT molecular complexity index is 744. The Morgan fingerprint density at radius 3 is 2.40 bits per heavy atom. The molecule has 0 spiro atoms. The van der Waals surface area contributed by atoms with Crippen LogP contribution in [0.5, 0.6) is 0 Å². The maximum absolute atomic E-state index is 12.5. The van der Waals surface area contributed by atoms with Gasteiger partial charge in [0.2, 0.25) is 5.91 Å². The summed E-state index contributed by atoms with van der Waals surface area (Å²) < 4.78 is 0. The zero-order chi connectivity index (χ0) is 18.2. The third kappa shape index (κ3) is 4.93. The van der Waals surface area contributed by atoms with E-state index >= 15 is 0 Å². The van der Waals surface area contributed by atoms with Crippen LogP contribution in [-0.2, 0) is 4.79 Å². The summed E-state index contributed by atoms with van der Waals surface area (Å²) in [5, 5.41) is 13.3. The Hall–Kier alpha value is -2.60. The molecule has 6 heteroatoms. The van der Waals surface area contributed by atoms with Crippen LogP contribution in [0.3, 0.4) is 0 Å². The first-order valence-corrected chi connectivity index (χ1v) is 8.45. The second-order valence-corrected chi connectivity index (χ2v) is 6.17. The molecule has 0 aliphatic carbocycles. The Morgan fingerprint density at radius 1 is 1.00 bits per heavy atom. The molecule has 0 unspecified atom stereocenters. The smallest absolute Gasteiger partial charge is 0.251 e. The van der Waals surface area contributed by atoms with Gasteiger partial charge in [0.15, 0.2) is 0 Å². The number of anilines is 1. The van der Waals surface area contributed by atoms with Crippen molar-refractivity contribution in [1.29, 1.82) is 0 Å². The van der Waals surface area contributed by atoms with E-state index < -0.39 is 0 Å². The number of nitrogens with zero attached hydrogens (tertiary/aromatic N) is 1. The summed E-state index contributed by atoms with van der Waals surface area (Å²) in [7, 11) is 3.97. The highest BCUT2D eigenvalue weighted by atomic mass is 16.5. The lowest BCUT2D eigenvalue weighted by Crippen LogP contribution is -2.25. The summed E-state index contributed by atoms with van der Waals surface area (Å²) >= 11 is 0. The lowest BCUT2D eigenvalue weighted by Gasteiger charge is -2.17. The van der Waals surface area contributed by atoms with Gasteiger partial charge >= 0.3 is 0 Å². The summed E-state index contributed by atoms with van der Waals surface area (Å²) in [6, 6.07) is 11.7. The van der Waals surface area contributed by atoms with Gasteiger partial charge in [-0.05, 0) is 30.4 Å². The highest BCUT2D eigenvalue weighted by Gasteiger charge is 2.12. The van der Waals surface area contributed by atoms with E-state index in [9.17, 15) is 9.59 Å². The van der Waals surface area contributed by atoms with Crippen molar-refractivity contribution in [3.05, 3.63) is 42.0 Å². The molecule has 0 saturated carbocycles. The van der Waals surface area contributed by atoms with E-state index in [4.69, 9.17) is 5.21 Å². The van der Waals surface area contributed by atoms with E-state index in [-0.39, 0.29) is 11.8 Å². The van der Waals surface area contributed by atoms with Gasteiger partial charge in [-0.25, -0.2) is 5.48 Å². The number of rotatable bonds is 8. The fourth-order valence-corrected chi connectivity index (χ4v) is 2.81. The summed E-state index contributed by atoms with van der Waals surface area (Å²) in [5.41, 5.74) is 3.36. The van der Waals surface area contributed by atoms with Crippen LogP contribution in [-0.4, -0.2) is 37.7 Å². The Kier molecular flexibility index (Phi) is 6.77. The summed E-state index contributed by atoms with van der Waals surface area (Å²) in [4.78, 5) is 25.4. The average Bonchev–Trinajstić information content (AvgIpc) is 2.62. The number of benzene rings is 2. The van der Waals surface area contributed by atoms with Crippen molar-refractivity contribution in [1.82, 2.24) is 10.8 Å². The highest BCUT2D eigenvalue weighted by molar-refractivity contribution is 6.10. The number of carbonyl (C=O) groups is 2. The molecule has 0 aliphatic heterocycles. The minimum atomic E-state index is -0.378. The highest BCUT2D eigenvalue weighted by Crippen LogP contribution is 2.28. The predicted molar refractivity (Wildman–Crippen MR) is 99.0 cm³/mol. The zero-order valence-electron chi connectivity index (χ0n) is 14.7. The van der Waals surface area contributed by atoms with Crippen molar-refractivity contribution in [2.45, 2.75) is 25.7 Å². The van der Waals surface area contributed by atoms with Crippen LogP contribution < -0.4 is 15.7 Å². The quantitative estimate of drug-likeness (QED) is 0.391. The van der Waals surface area contributed by atoms with E-state index in [1.54, 1.807) is 5.48 Å². The Labute approximate surface area is 147 Å². The summed E-state index contributed by atoms with van der Waals surface area (Å²) in [6.07, 6.45) is 2.58. The standard InChI is InChI=1S/C19H25N3O3/c1-22(2)17-12-11-16(14-8-5-6-9-15(14)17)19(24)20-13-7-3-4-10-18(23)21-25/h5-6,8-9,11-12,25H,3-4,7,10,13H2,1-2H3,(H,20,24)(H,21,23). The van der Waals surface area contributed by atoms with E-state index in [1.165, 1.54) is 0 Å². The average molecular weight is 343 g/mol. The number of amides is 2. The van der Waals surface area contributed by atoms with E-state index in [0.717, 1.165) is 29.3 Å². The first-order valence-electron chi connectivity index (χ1n) is 8.45. The molecule has 0 fully saturated rings. The monoisotopic (exact) mass is 343 g/mol. The molecule has 0 bridgehead atoms. The normalized spacial score (nSPS) is 10.5. The number of hydroxylamine groups is 1. The van der Waals surface area contributed by atoms with Gasteiger partial charge in [0, 0.05) is 43.7 Å². The molecule has 3 N–H and O–H groups in total. The van der Waals surface area contributed by atoms with Gasteiger partial charge in [0.25, 0.3) is 5.91 Å². The van der Waals surface area contributed by atoms with E-state index in [2.05, 4.69) is 5.32 Å². The molecule has 6 nitrogen and oxygen atoms in total. The lowest BCUT2D eigenvalue weighted by atomic mass is 10.0. The number of hydrogen-bond donors (Lipinski definition) is 3. The number of carbonyl (C=O) groups excluding carboxylic acids is 2. The largest absolute Gasteiger partial charge is 0.377 e. The molecule has 2 aromatic rings. The molecular weight excluding hydrogens is 318 g/mol. The summed E-state index contributed by atoms with van der Waals surface area (Å²) in [5.74, 6) is -0.467. The van der Waals surface area contributed by atoms with Crippen molar-refractivity contribution in [3.63, 3.8) is 0 Å². The molecule has 134 valence electrons. The van der Waals surface area contributed by atoms with Gasteiger partial charge < -0.3 is 10.2 Å². The van der Waals surface area contributed by atoms with Gasteiger partial charge in [0.1, 0.15) is 0 Å². The van der Waals surface area contributed by atoms with Gasteiger partial charge in [-0.3, -0.25) is 14.8 Å². The molecule has 0 heterocycles. The SMILES string of the molecule is CN(C)c1ccc(C(=O)NCCCCCC(=O)NO)c2ccccc12. The van der Waals surface area contributed by atoms with Crippen molar-refractivity contribution in [2.75, 3.05) is 25.5 Å². The third-order valence-corrected chi connectivity index (χ3v) is 4.12. The van der Waals surface area contributed by atoms with Crippen molar-refractivity contribution >= 4 is 28.3 Å². The second-order valence-electron chi connectivity index (χ2n) is 6.17. The fourth-order valence-electron chi connectivity index (χ4n) is 2.81. The number of unbranched alkanes of at least 4 members (excludes halogenated alkanes) is 2. The molecule has 0 saturated heterocycles. The molecule has 2 rings (SSSR count). The summed E-state index contributed by atoms with van der Waals surface area (Å²) in [6.45, 7) is 0.559. The minimum absolute atomic E-state index is 0.0883. The topological polar surface area (TPSA) is 81.7 Å². The van der Waals surface area contributed by atoms with E-state index in [1.807, 2.05) is 55.4 Å². The lowest BCUT2D eigenvalue weighted by molar-refractivity contribution is -0.129. The fraction of sp³-hybridized carbons (Fsp3) is 0.368. The van der Waals surface area contributed by atoms with Crippen LogP contribution in [0, 0.1) is 0 Å². The van der Waals surface area contributed by atoms with Crippen LogP contribution in [0.25, 0.3) is 10.8 Å². The molecule has 2 aromatic carbocycles. The molecule has 0 aliphatic rings. The van der Waals surface area contributed by atoms with Crippen molar-refractivity contribution in [2.24, 2.45) is 0 Å². The first kappa shape index (κ1) is 18.7. The van der Waals surface area contributed by atoms with Gasteiger partial charge in [0.05, 0.1) is 0 Å². The van der Waals surface area contributed by atoms with Crippen molar-refractivity contribution < 1.29 is 14.8 Å². The Balaban J connectivity index is 1.96. The number of hydrogen-bond acceptors (Lipinski definition) is 4. The van der Waals surface area contributed by atoms with Crippen LogP contribution in [0.15, 0.2) is 36.4 Å². The number of nitrogens with one attached hydrogen (secondary N) is 2. The van der Waals surface area contributed by atoms with E-state index in [0.29, 0.717) is 24.9 Å². The molecule has 0 radical (unpaired) electrons. The molecular formula is C19H25N3O3. The maximum atomic E-state index is 12.5. The first-order chi connectivity index (χ1) is 12.0. The van der Waals surface area contributed by atoms with Crippen LogP contribution in [0.2, 0.25) is 0 Å². The molecule has 0 atom stereocenters. The second kappa shape index (κ2) is 9.03. The van der Waals surface area contributed by atoms with Crippen LogP contribution in [0.1, 0.15) is 36.0 Å². The third-order valence-electron chi connectivity index (χ3n) is 4.12. The Morgan fingerprint density at radius 2 is 1.72 bits per heavy atom. The zero-order valence-corrected chi connectivity index (χ0v) is 14.7. The van der Waals surface area contributed by atoms with Crippen LogP contribution in [0.4, 0.5) is 5.69 Å². The molecule has 25 heavy (non-hydrogen) atoms. The minimum Gasteiger partial charge on any atom is -0.377 e. The molecule has 2 amide bonds. The van der Waals surface area contributed by atoms with Gasteiger partial charge in [-0.1, -0.05) is 30.7 Å². The van der Waals surface area contributed by atoms with Gasteiger partial charge in [-0.15, -0.1) is 0 Å². The predicted octanol–water partition coefficient (Wildman–Crippen LogP) is 2.70. The van der Waals surface area contributed by atoms with Crippen molar-refractivity contribution in [3.8, 4) is 0 Å². The van der Waals surface area contributed by atoms with Crippen LogP contribution >= 0.6 is 0 Å². The van der Waals surface area contributed by atoms with Gasteiger partial charge in [-0.2, -0.15) is 0 Å². The molecule has 0 aromatic heterocycles.